The van der Waals surface area contributed by atoms with Crippen LogP contribution < -0.4 is 5.32 Å². The standard InChI is InChI=1S/C22H25F2N5O2/c1-15-3-5-16(6-4-15)18-13-19(20(23)24)29-21(27-18)17(14-26-29)22(30)25-7-2-8-28-9-11-31-12-10-28/h3-6,13-14,20H,2,7-12H2,1H3,(H,25,30). The molecule has 4 rings (SSSR count). The minimum atomic E-state index is -2.75. The fourth-order valence-electron chi connectivity index (χ4n) is 3.60. The Kier molecular flexibility index (Phi) is 6.53. The number of nitrogens with zero attached hydrogens (tertiary/aromatic N) is 4. The van der Waals surface area contributed by atoms with Gasteiger partial charge in [0.2, 0.25) is 0 Å². The maximum absolute atomic E-state index is 13.7. The highest BCUT2D eigenvalue weighted by atomic mass is 19.3. The van der Waals surface area contributed by atoms with Gasteiger partial charge in [0.15, 0.2) is 5.65 Å². The van der Waals surface area contributed by atoms with Crippen LogP contribution in [0.4, 0.5) is 8.78 Å². The Bertz CT molecular complexity index is 1050. The number of hydrogen-bond donors (Lipinski definition) is 1. The summed E-state index contributed by atoms with van der Waals surface area (Å²) < 4.78 is 33.8. The fourth-order valence-corrected chi connectivity index (χ4v) is 3.60. The summed E-state index contributed by atoms with van der Waals surface area (Å²) in [4.78, 5) is 19.5. The molecule has 1 amide bonds. The van der Waals surface area contributed by atoms with Crippen LogP contribution in [0.2, 0.25) is 0 Å². The summed E-state index contributed by atoms with van der Waals surface area (Å²) in [7, 11) is 0. The number of ether oxygens (including phenoxy) is 1. The van der Waals surface area contributed by atoms with Crippen LogP contribution in [0.25, 0.3) is 16.9 Å². The molecule has 31 heavy (non-hydrogen) atoms. The normalized spacial score (nSPS) is 15.0. The molecular weight excluding hydrogens is 404 g/mol. The summed E-state index contributed by atoms with van der Waals surface area (Å²) in [5, 5.41) is 6.86. The SMILES string of the molecule is Cc1ccc(-c2cc(C(F)F)n3ncc(C(=O)NCCCN4CCOCC4)c3n2)cc1. The van der Waals surface area contributed by atoms with Gasteiger partial charge in [0.1, 0.15) is 11.3 Å². The van der Waals surface area contributed by atoms with Crippen LogP contribution in [-0.2, 0) is 4.74 Å². The summed E-state index contributed by atoms with van der Waals surface area (Å²) in [5.74, 6) is -0.370. The molecule has 1 N–H and O–H groups in total. The van der Waals surface area contributed by atoms with Crippen LogP contribution in [0.3, 0.4) is 0 Å². The Hall–Kier alpha value is -2.91. The number of alkyl halides is 2. The predicted octanol–water partition coefficient (Wildman–Crippen LogP) is 3.09. The number of amides is 1. The first kappa shape index (κ1) is 21.3. The van der Waals surface area contributed by atoms with E-state index in [0.29, 0.717) is 17.8 Å². The number of aryl methyl sites for hydroxylation is 1. The summed E-state index contributed by atoms with van der Waals surface area (Å²) in [6, 6.07) is 8.75. The van der Waals surface area contributed by atoms with Crippen molar-refractivity contribution in [1.82, 2.24) is 24.8 Å². The van der Waals surface area contributed by atoms with Crippen molar-refractivity contribution < 1.29 is 18.3 Å². The third kappa shape index (κ3) is 4.88. The lowest BCUT2D eigenvalue weighted by molar-refractivity contribution is 0.0374. The number of nitrogens with one attached hydrogen (secondary N) is 1. The quantitative estimate of drug-likeness (QED) is 0.585. The van der Waals surface area contributed by atoms with Crippen LogP contribution in [-0.4, -0.2) is 64.8 Å². The zero-order valence-electron chi connectivity index (χ0n) is 17.4. The van der Waals surface area contributed by atoms with Crippen molar-refractivity contribution in [2.24, 2.45) is 0 Å². The highest BCUT2D eigenvalue weighted by Gasteiger charge is 2.21. The van der Waals surface area contributed by atoms with Gasteiger partial charge in [0.05, 0.1) is 25.1 Å². The van der Waals surface area contributed by atoms with Gasteiger partial charge in [0, 0.05) is 25.2 Å². The first-order chi connectivity index (χ1) is 15.0. The largest absolute Gasteiger partial charge is 0.379 e. The molecule has 1 aromatic carbocycles. The molecule has 9 heteroatoms. The molecule has 2 aromatic heterocycles. The van der Waals surface area contributed by atoms with Gasteiger partial charge in [-0.05, 0) is 26.0 Å². The van der Waals surface area contributed by atoms with E-state index in [1.54, 1.807) is 0 Å². The molecule has 164 valence electrons. The number of carbonyl (C=O) groups excluding carboxylic acids is 1. The van der Waals surface area contributed by atoms with Gasteiger partial charge in [0.25, 0.3) is 12.3 Å². The summed E-state index contributed by atoms with van der Waals surface area (Å²) >= 11 is 0. The number of aromatic nitrogens is 3. The maximum atomic E-state index is 13.7. The molecule has 0 atom stereocenters. The molecule has 0 spiro atoms. The smallest absolute Gasteiger partial charge is 0.280 e. The molecule has 0 aliphatic carbocycles. The van der Waals surface area contributed by atoms with E-state index in [2.05, 4.69) is 20.3 Å². The van der Waals surface area contributed by atoms with Crippen molar-refractivity contribution >= 4 is 11.6 Å². The second kappa shape index (κ2) is 9.49. The number of halogens is 2. The predicted molar refractivity (Wildman–Crippen MR) is 112 cm³/mol. The van der Waals surface area contributed by atoms with Crippen LogP contribution in [0.1, 0.15) is 34.5 Å². The first-order valence-corrected chi connectivity index (χ1v) is 10.3. The van der Waals surface area contributed by atoms with Gasteiger partial charge in [-0.2, -0.15) is 5.10 Å². The van der Waals surface area contributed by atoms with E-state index in [0.717, 1.165) is 49.3 Å². The van der Waals surface area contributed by atoms with Gasteiger partial charge in [-0.25, -0.2) is 18.3 Å². The Morgan fingerprint density at radius 1 is 1.23 bits per heavy atom. The van der Waals surface area contributed by atoms with Crippen LogP contribution in [0.15, 0.2) is 36.5 Å². The third-order valence-corrected chi connectivity index (χ3v) is 5.36. The van der Waals surface area contributed by atoms with Crippen molar-refractivity contribution in [3.05, 3.63) is 53.3 Å². The topological polar surface area (TPSA) is 71.8 Å². The van der Waals surface area contributed by atoms with Crippen LogP contribution >= 0.6 is 0 Å². The Morgan fingerprint density at radius 2 is 1.97 bits per heavy atom. The molecular formula is C22H25F2N5O2. The highest BCUT2D eigenvalue weighted by molar-refractivity contribution is 5.99. The van der Waals surface area contributed by atoms with Gasteiger partial charge in [-0.15, -0.1) is 0 Å². The summed E-state index contributed by atoms with van der Waals surface area (Å²) in [6.07, 6.45) is -0.668. The monoisotopic (exact) mass is 429 g/mol. The van der Waals surface area contributed by atoms with Gasteiger partial charge >= 0.3 is 0 Å². The van der Waals surface area contributed by atoms with E-state index in [9.17, 15) is 13.6 Å². The molecule has 1 aliphatic rings. The molecule has 1 fully saturated rings. The van der Waals surface area contributed by atoms with Crippen molar-refractivity contribution in [3.8, 4) is 11.3 Å². The number of rotatable bonds is 7. The van der Waals surface area contributed by atoms with E-state index >= 15 is 0 Å². The molecule has 0 saturated carbocycles. The number of carbonyl (C=O) groups is 1. The third-order valence-electron chi connectivity index (χ3n) is 5.36. The van der Waals surface area contributed by atoms with Gasteiger partial charge < -0.3 is 10.1 Å². The van der Waals surface area contributed by atoms with E-state index in [1.807, 2.05) is 31.2 Å². The molecule has 3 heterocycles. The number of morpholine rings is 1. The lowest BCUT2D eigenvalue weighted by Gasteiger charge is -2.26. The maximum Gasteiger partial charge on any atom is 0.280 e. The number of hydrogen-bond acceptors (Lipinski definition) is 5. The molecule has 1 saturated heterocycles. The van der Waals surface area contributed by atoms with E-state index in [-0.39, 0.29) is 22.8 Å². The Balaban J connectivity index is 1.53. The lowest BCUT2D eigenvalue weighted by atomic mass is 10.1. The average molecular weight is 429 g/mol. The zero-order chi connectivity index (χ0) is 21.8. The van der Waals surface area contributed by atoms with Crippen molar-refractivity contribution in [2.75, 3.05) is 39.4 Å². The van der Waals surface area contributed by atoms with E-state index in [4.69, 9.17) is 4.74 Å². The molecule has 0 unspecified atom stereocenters. The first-order valence-electron chi connectivity index (χ1n) is 10.3. The summed E-state index contributed by atoms with van der Waals surface area (Å²) in [5.41, 5.74) is 2.14. The van der Waals surface area contributed by atoms with Gasteiger partial charge in [-0.3, -0.25) is 9.69 Å². The van der Waals surface area contributed by atoms with Gasteiger partial charge in [-0.1, -0.05) is 29.8 Å². The van der Waals surface area contributed by atoms with Crippen molar-refractivity contribution in [2.45, 2.75) is 19.8 Å². The van der Waals surface area contributed by atoms with Crippen molar-refractivity contribution in [1.29, 1.82) is 0 Å². The molecule has 7 nitrogen and oxygen atoms in total. The lowest BCUT2D eigenvalue weighted by Crippen LogP contribution is -2.38. The van der Waals surface area contributed by atoms with E-state index < -0.39 is 6.43 Å². The molecule has 1 aliphatic heterocycles. The minimum Gasteiger partial charge on any atom is -0.379 e. The summed E-state index contributed by atoms with van der Waals surface area (Å²) in [6.45, 7) is 6.54. The Labute approximate surface area is 179 Å². The Morgan fingerprint density at radius 3 is 2.68 bits per heavy atom. The number of benzene rings is 1. The van der Waals surface area contributed by atoms with Crippen LogP contribution in [0.5, 0.6) is 0 Å². The molecule has 0 radical (unpaired) electrons. The fraction of sp³-hybridized carbons (Fsp3) is 0.409. The van der Waals surface area contributed by atoms with Crippen LogP contribution in [0, 0.1) is 6.92 Å². The number of fused-ring (bicyclic) bond motifs is 1. The second-order valence-corrected chi connectivity index (χ2v) is 7.59. The minimum absolute atomic E-state index is 0.124. The molecule has 0 bridgehead atoms. The average Bonchev–Trinajstić information content (AvgIpc) is 3.21. The second-order valence-electron chi connectivity index (χ2n) is 7.59. The van der Waals surface area contributed by atoms with E-state index in [1.165, 1.54) is 12.3 Å². The zero-order valence-corrected chi connectivity index (χ0v) is 17.4. The molecule has 3 aromatic rings. The highest BCUT2D eigenvalue weighted by Crippen LogP contribution is 2.27. The van der Waals surface area contributed by atoms with Crippen molar-refractivity contribution in [3.63, 3.8) is 0 Å².